The fourth-order valence-electron chi connectivity index (χ4n) is 2.48. The molecule has 1 aromatic rings. The van der Waals surface area contributed by atoms with E-state index in [4.69, 9.17) is 17.3 Å². The number of halogens is 1. The lowest BCUT2D eigenvalue weighted by molar-refractivity contribution is -0.132. The van der Waals surface area contributed by atoms with E-state index in [2.05, 4.69) is 4.90 Å². The summed E-state index contributed by atoms with van der Waals surface area (Å²) < 4.78 is 0. The predicted molar refractivity (Wildman–Crippen MR) is 91.2 cm³/mol. The predicted octanol–water partition coefficient (Wildman–Crippen LogP) is 2.07. The van der Waals surface area contributed by atoms with E-state index in [9.17, 15) is 4.79 Å². The van der Waals surface area contributed by atoms with Gasteiger partial charge in [-0.25, -0.2) is 0 Å². The molecule has 1 heterocycles. The molecule has 0 bridgehead atoms. The third-order valence-corrected chi connectivity index (χ3v) is 4.70. The van der Waals surface area contributed by atoms with Gasteiger partial charge in [-0.3, -0.25) is 4.79 Å². The van der Waals surface area contributed by atoms with Crippen molar-refractivity contribution < 1.29 is 4.79 Å². The standard InChI is InChI=1S/C15H22ClN3OS/c1-21-11-6-13(17)15(20)19-9-7-18(8-10-19)14-5-3-2-4-12(14)16/h2-5,13H,6-11,17H2,1H3. The van der Waals surface area contributed by atoms with Gasteiger partial charge in [0.25, 0.3) is 0 Å². The second kappa shape index (κ2) is 7.92. The normalized spacial score (nSPS) is 16.9. The van der Waals surface area contributed by atoms with Crippen LogP contribution in [0.15, 0.2) is 24.3 Å². The van der Waals surface area contributed by atoms with E-state index < -0.39 is 0 Å². The molecule has 1 atom stereocenters. The highest BCUT2D eigenvalue weighted by molar-refractivity contribution is 7.98. The molecule has 0 aliphatic carbocycles. The summed E-state index contributed by atoms with van der Waals surface area (Å²) in [5, 5.41) is 0.758. The lowest BCUT2D eigenvalue weighted by Gasteiger charge is -2.37. The molecule has 2 rings (SSSR count). The van der Waals surface area contributed by atoms with Gasteiger partial charge in [0.15, 0.2) is 0 Å². The number of thioether (sulfide) groups is 1. The Morgan fingerprint density at radius 1 is 1.33 bits per heavy atom. The maximum Gasteiger partial charge on any atom is 0.239 e. The summed E-state index contributed by atoms with van der Waals surface area (Å²) in [6.45, 7) is 3.00. The van der Waals surface area contributed by atoms with Crippen LogP contribution in [-0.4, -0.2) is 55.0 Å². The van der Waals surface area contributed by atoms with Gasteiger partial charge >= 0.3 is 0 Å². The van der Waals surface area contributed by atoms with Gasteiger partial charge in [-0.1, -0.05) is 23.7 Å². The monoisotopic (exact) mass is 327 g/mol. The number of rotatable bonds is 5. The van der Waals surface area contributed by atoms with Crippen molar-refractivity contribution in [2.24, 2.45) is 5.73 Å². The number of anilines is 1. The molecule has 0 saturated carbocycles. The van der Waals surface area contributed by atoms with Gasteiger partial charge in [-0.05, 0) is 30.6 Å². The maximum atomic E-state index is 12.3. The van der Waals surface area contributed by atoms with Crippen LogP contribution in [-0.2, 0) is 4.79 Å². The van der Waals surface area contributed by atoms with Gasteiger partial charge < -0.3 is 15.5 Å². The second-order valence-corrected chi connectivity index (χ2v) is 6.54. The van der Waals surface area contributed by atoms with Crippen LogP contribution < -0.4 is 10.6 Å². The SMILES string of the molecule is CSCCC(N)C(=O)N1CCN(c2ccccc2Cl)CC1. The highest BCUT2D eigenvalue weighted by Gasteiger charge is 2.25. The number of hydrogen-bond acceptors (Lipinski definition) is 4. The molecule has 1 fully saturated rings. The van der Waals surface area contributed by atoms with Crippen LogP contribution in [0.2, 0.25) is 5.02 Å². The Hall–Kier alpha value is -0.910. The largest absolute Gasteiger partial charge is 0.367 e. The number of piperazine rings is 1. The lowest BCUT2D eigenvalue weighted by Crippen LogP contribution is -2.53. The van der Waals surface area contributed by atoms with Crippen LogP contribution in [0.25, 0.3) is 0 Å². The van der Waals surface area contributed by atoms with E-state index in [-0.39, 0.29) is 11.9 Å². The lowest BCUT2D eigenvalue weighted by atomic mass is 10.2. The number of benzene rings is 1. The summed E-state index contributed by atoms with van der Waals surface area (Å²) in [6, 6.07) is 7.45. The average Bonchev–Trinajstić information content (AvgIpc) is 2.52. The van der Waals surface area contributed by atoms with Gasteiger partial charge in [-0.2, -0.15) is 11.8 Å². The molecule has 2 N–H and O–H groups in total. The Bertz CT molecular complexity index is 478. The Labute approximate surface area is 135 Å². The molecular formula is C15H22ClN3OS. The molecule has 1 saturated heterocycles. The number of para-hydroxylation sites is 1. The molecule has 4 nitrogen and oxygen atoms in total. The zero-order valence-corrected chi connectivity index (χ0v) is 13.9. The van der Waals surface area contributed by atoms with E-state index in [0.717, 1.165) is 36.0 Å². The van der Waals surface area contributed by atoms with Crippen LogP contribution in [0, 0.1) is 0 Å². The molecule has 6 heteroatoms. The summed E-state index contributed by atoms with van der Waals surface area (Å²) in [6.07, 6.45) is 2.77. The quantitative estimate of drug-likeness (QED) is 0.899. The van der Waals surface area contributed by atoms with Crippen molar-refractivity contribution in [2.45, 2.75) is 12.5 Å². The van der Waals surface area contributed by atoms with Crippen LogP contribution in [0.5, 0.6) is 0 Å². The number of amides is 1. The van der Waals surface area contributed by atoms with Crippen molar-refractivity contribution in [2.75, 3.05) is 43.1 Å². The first kappa shape index (κ1) is 16.5. The summed E-state index contributed by atoms with van der Waals surface area (Å²) in [5.41, 5.74) is 7.00. The number of carbonyl (C=O) groups excluding carboxylic acids is 1. The Kier molecular flexibility index (Phi) is 6.21. The molecule has 0 spiro atoms. The molecule has 116 valence electrons. The van der Waals surface area contributed by atoms with E-state index in [1.807, 2.05) is 35.4 Å². The van der Waals surface area contributed by atoms with Crippen molar-refractivity contribution in [3.63, 3.8) is 0 Å². The molecule has 1 aliphatic heterocycles. The van der Waals surface area contributed by atoms with Crippen LogP contribution in [0.1, 0.15) is 6.42 Å². The van der Waals surface area contributed by atoms with E-state index in [0.29, 0.717) is 13.1 Å². The first-order valence-electron chi connectivity index (χ1n) is 7.16. The van der Waals surface area contributed by atoms with E-state index >= 15 is 0 Å². The Balaban J connectivity index is 1.88. The number of carbonyl (C=O) groups is 1. The topological polar surface area (TPSA) is 49.6 Å². The van der Waals surface area contributed by atoms with Gasteiger partial charge in [0.05, 0.1) is 16.8 Å². The second-order valence-electron chi connectivity index (χ2n) is 5.15. The summed E-state index contributed by atoms with van der Waals surface area (Å²) in [4.78, 5) is 16.4. The molecule has 0 aromatic heterocycles. The third-order valence-electron chi connectivity index (χ3n) is 3.73. The minimum Gasteiger partial charge on any atom is -0.367 e. The van der Waals surface area contributed by atoms with Crippen molar-refractivity contribution in [3.05, 3.63) is 29.3 Å². The number of nitrogens with zero attached hydrogens (tertiary/aromatic N) is 2. The number of hydrogen-bond donors (Lipinski definition) is 1. The van der Waals surface area contributed by atoms with Crippen LogP contribution >= 0.6 is 23.4 Å². The maximum absolute atomic E-state index is 12.3. The van der Waals surface area contributed by atoms with Gasteiger partial charge in [0, 0.05) is 26.2 Å². The smallest absolute Gasteiger partial charge is 0.239 e. The molecule has 21 heavy (non-hydrogen) atoms. The van der Waals surface area contributed by atoms with Gasteiger partial charge in [-0.15, -0.1) is 0 Å². The third kappa shape index (κ3) is 4.28. The molecule has 1 unspecified atom stereocenters. The van der Waals surface area contributed by atoms with E-state index in [1.165, 1.54) is 0 Å². The molecular weight excluding hydrogens is 306 g/mol. The van der Waals surface area contributed by atoms with Crippen molar-refractivity contribution >= 4 is 35.0 Å². The molecule has 1 amide bonds. The molecule has 1 aromatic carbocycles. The zero-order valence-electron chi connectivity index (χ0n) is 12.3. The summed E-state index contributed by atoms with van der Waals surface area (Å²) in [7, 11) is 0. The number of nitrogens with two attached hydrogens (primary N) is 1. The van der Waals surface area contributed by atoms with Crippen LogP contribution in [0.3, 0.4) is 0 Å². The highest BCUT2D eigenvalue weighted by atomic mass is 35.5. The first-order chi connectivity index (χ1) is 10.1. The van der Waals surface area contributed by atoms with Crippen molar-refractivity contribution in [1.82, 2.24) is 4.90 Å². The minimum absolute atomic E-state index is 0.0721. The summed E-state index contributed by atoms with van der Waals surface area (Å²) in [5.74, 6) is 0.995. The Morgan fingerprint density at radius 2 is 2.00 bits per heavy atom. The van der Waals surface area contributed by atoms with Crippen molar-refractivity contribution in [1.29, 1.82) is 0 Å². The van der Waals surface area contributed by atoms with Crippen LogP contribution in [0.4, 0.5) is 5.69 Å². The first-order valence-corrected chi connectivity index (χ1v) is 8.93. The zero-order chi connectivity index (χ0) is 15.2. The fraction of sp³-hybridized carbons (Fsp3) is 0.533. The molecule has 0 radical (unpaired) electrons. The van der Waals surface area contributed by atoms with E-state index in [1.54, 1.807) is 11.8 Å². The molecule has 1 aliphatic rings. The highest BCUT2D eigenvalue weighted by Crippen LogP contribution is 2.26. The fourth-order valence-corrected chi connectivity index (χ4v) is 3.22. The Morgan fingerprint density at radius 3 is 2.62 bits per heavy atom. The minimum atomic E-state index is -0.371. The summed E-state index contributed by atoms with van der Waals surface area (Å²) >= 11 is 7.94. The van der Waals surface area contributed by atoms with Gasteiger partial charge in [0.1, 0.15) is 0 Å². The van der Waals surface area contributed by atoms with Crippen molar-refractivity contribution in [3.8, 4) is 0 Å². The average molecular weight is 328 g/mol. The van der Waals surface area contributed by atoms with Gasteiger partial charge in [0.2, 0.25) is 5.91 Å².